The fraction of sp³-hybridized carbons (Fsp3) is 1.00. The molecule has 0 aromatic carbocycles. The molecule has 3 rings (SSSR count). The van der Waals surface area contributed by atoms with E-state index in [1.54, 1.807) is 0 Å². The summed E-state index contributed by atoms with van der Waals surface area (Å²) in [5.41, 5.74) is 7.00. The lowest BCUT2D eigenvalue weighted by atomic mass is 9.74. The third-order valence-corrected chi connectivity index (χ3v) is 6.20. The Kier molecular flexibility index (Phi) is 3.89. The van der Waals surface area contributed by atoms with Crippen LogP contribution in [0.5, 0.6) is 0 Å². The topological polar surface area (TPSA) is 32.5 Å². The van der Waals surface area contributed by atoms with Gasteiger partial charge in [0.25, 0.3) is 0 Å². The number of nitrogens with zero attached hydrogens (tertiary/aromatic N) is 2. The van der Waals surface area contributed by atoms with Crippen molar-refractivity contribution in [2.24, 2.45) is 17.1 Å². The van der Waals surface area contributed by atoms with Gasteiger partial charge in [-0.3, -0.25) is 9.80 Å². The molecule has 2 aliphatic heterocycles. The van der Waals surface area contributed by atoms with E-state index in [2.05, 4.69) is 30.6 Å². The van der Waals surface area contributed by atoms with Gasteiger partial charge in [-0.05, 0) is 56.5 Å². The van der Waals surface area contributed by atoms with Crippen LogP contribution in [-0.4, -0.2) is 54.1 Å². The fourth-order valence-electron chi connectivity index (χ4n) is 4.41. The van der Waals surface area contributed by atoms with E-state index >= 15 is 0 Å². The van der Waals surface area contributed by atoms with Gasteiger partial charge in [0.15, 0.2) is 0 Å². The Hall–Kier alpha value is -0.120. The van der Waals surface area contributed by atoms with Crippen molar-refractivity contribution in [2.75, 3.05) is 32.7 Å². The normalized spacial score (nSPS) is 34.8. The van der Waals surface area contributed by atoms with Crippen molar-refractivity contribution in [3.05, 3.63) is 0 Å². The van der Waals surface area contributed by atoms with Crippen LogP contribution in [0.1, 0.15) is 52.9 Å². The van der Waals surface area contributed by atoms with Crippen LogP contribution in [0.4, 0.5) is 0 Å². The van der Waals surface area contributed by atoms with E-state index in [0.29, 0.717) is 11.0 Å². The fourth-order valence-corrected chi connectivity index (χ4v) is 4.41. The molecule has 3 fully saturated rings. The summed E-state index contributed by atoms with van der Waals surface area (Å²) in [6, 6.07) is 0.899. The Balaban J connectivity index is 1.61. The van der Waals surface area contributed by atoms with Gasteiger partial charge in [-0.2, -0.15) is 0 Å². The van der Waals surface area contributed by atoms with E-state index in [1.165, 1.54) is 58.3 Å². The lowest BCUT2D eigenvalue weighted by molar-refractivity contribution is 0.0334. The molecular weight excluding hydrogens is 246 g/mol. The van der Waals surface area contributed by atoms with Crippen molar-refractivity contribution in [3.63, 3.8) is 0 Å². The number of piperidine rings is 1. The van der Waals surface area contributed by atoms with Crippen LogP contribution < -0.4 is 5.73 Å². The minimum Gasteiger partial charge on any atom is -0.329 e. The average molecular weight is 279 g/mol. The van der Waals surface area contributed by atoms with E-state index in [4.69, 9.17) is 5.73 Å². The van der Waals surface area contributed by atoms with E-state index in [1.807, 2.05) is 0 Å². The summed E-state index contributed by atoms with van der Waals surface area (Å²) in [5, 5.41) is 0. The van der Waals surface area contributed by atoms with Gasteiger partial charge in [-0.15, -0.1) is 0 Å². The Labute approximate surface area is 124 Å². The summed E-state index contributed by atoms with van der Waals surface area (Å²) >= 11 is 0. The molecule has 0 radical (unpaired) electrons. The van der Waals surface area contributed by atoms with Gasteiger partial charge in [-0.25, -0.2) is 0 Å². The molecule has 116 valence electrons. The van der Waals surface area contributed by atoms with Crippen molar-refractivity contribution in [1.82, 2.24) is 9.80 Å². The van der Waals surface area contributed by atoms with Crippen LogP contribution in [-0.2, 0) is 0 Å². The van der Waals surface area contributed by atoms with Crippen LogP contribution in [0.15, 0.2) is 0 Å². The quantitative estimate of drug-likeness (QED) is 0.860. The predicted molar refractivity (Wildman–Crippen MR) is 84.7 cm³/mol. The number of likely N-dealkylation sites (tertiary alicyclic amines) is 2. The molecule has 2 heterocycles. The van der Waals surface area contributed by atoms with Crippen molar-refractivity contribution < 1.29 is 0 Å². The Morgan fingerprint density at radius 1 is 1.05 bits per heavy atom. The monoisotopic (exact) mass is 279 g/mol. The zero-order valence-corrected chi connectivity index (χ0v) is 13.7. The molecule has 3 heteroatoms. The van der Waals surface area contributed by atoms with Crippen molar-refractivity contribution in [3.8, 4) is 0 Å². The Bertz CT molecular complexity index is 337. The number of nitrogens with two attached hydrogens (primary N) is 1. The molecule has 20 heavy (non-hydrogen) atoms. The molecule has 1 unspecified atom stereocenters. The van der Waals surface area contributed by atoms with Crippen LogP contribution in [0, 0.1) is 11.3 Å². The summed E-state index contributed by atoms with van der Waals surface area (Å²) < 4.78 is 0. The summed E-state index contributed by atoms with van der Waals surface area (Å²) in [5.74, 6) is 0.884. The smallest absolute Gasteiger partial charge is 0.0470 e. The SMILES string of the molecule is CC(C)(C)C1CCN(C2(CN)CCN(C3CC3)C2)CC1. The largest absolute Gasteiger partial charge is 0.329 e. The lowest BCUT2D eigenvalue weighted by Crippen LogP contribution is -2.58. The minimum absolute atomic E-state index is 0.297. The first-order valence-electron chi connectivity index (χ1n) is 8.64. The Morgan fingerprint density at radius 2 is 1.70 bits per heavy atom. The van der Waals surface area contributed by atoms with Crippen LogP contribution in [0.3, 0.4) is 0 Å². The minimum atomic E-state index is 0.297. The van der Waals surface area contributed by atoms with Gasteiger partial charge < -0.3 is 5.73 Å². The van der Waals surface area contributed by atoms with Crippen LogP contribution in [0.2, 0.25) is 0 Å². The highest BCUT2D eigenvalue weighted by Crippen LogP contribution is 2.40. The van der Waals surface area contributed by atoms with Gasteiger partial charge in [0.2, 0.25) is 0 Å². The molecule has 0 amide bonds. The summed E-state index contributed by atoms with van der Waals surface area (Å²) in [6.07, 6.45) is 6.85. The first-order valence-corrected chi connectivity index (χ1v) is 8.64. The highest BCUT2D eigenvalue weighted by molar-refractivity contribution is 5.04. The van der Waals surface area contributed by atoms with E-state index in [9.17, 15) is 0 Å². The second-order valence-corrected chi connectivity index (χ2v) is 8.51. The van der Waals surface area contributed by atoms with E-state index in [-0.39, 0.29) is 0 Å². The number of hydrogen-bond donors (Lipinski definition) is 1. The molecule has 0 aromatic heterocycles. The maximum absolute atomic E-state index is 6.23. The highest BCUT2D eigenvalue weighted by atomic mass is 15.3. The molecule has 0 aromatic rings. The second-order valence-electron chi connectivity index (χ2n) is 8.51. The maximum atomic E-state index is 6.23. The molecule has 3 aliphatic rings. The van der Waals surface area contributed by atoms with Gasteiger partial charge >= 0.3 is 0 Å². The van der Waals surface area contributed by atoms with Crippen molar-refractivity contribution in [1.29, 1.82) is 0 Å². The number of hydrogen-bond acceptors (Lipinski definition) is 3. The second kappa shape index (κ2) is 5.26. The molecule has 0 bridgehead atoms. The zero-order chi connectivity index (χ0) is 14.4. The van der Waals surface area contributed by atoms with Crippen LogP contribution in [0.25, 0.3) is 0 Å². The van der Waals surface area contributed by atoms with E-state index < -0.39 is 0 Å². The standard InChI is InChI=1S/C17H33N3/c1-16(2,3)14-6-9-20(10-7-14)17(12-18)8-11-19(13-17)15-4-5-15/h14-15H,4-13,18H2,1-3H3. The molecule has 1 aliphatic carbocycles. The molecule has 3 nitrogen and oxygen atoms in total. The van der Waals surface area contributed by atoms with Gasteiger partial charge in [-0.1, -0.05) is 20.8 Å². The molecular formula is C17H33N3. The average Bonchev–Trinajstić information content (AvgIpc) is 3.18. The highest BCUT2D eigenvalue weighted by Gasteiger charge is 2.46. The van der Waals surface area contributed by atoms with Gasteiger partial charge in [0, 0.05) is 31.2 Å². The summed E-state index contributed by atoms with van der Waals surface area (Å²) in [4.78, 5) is 5.46. The van der Waals surface area contributed by atoms with Gasteiger partial charge in [0.05, 0.1) is 0 Å². The zero-order valence-electron chi connectivity index (χ0n) is 13.7. The molecule has 0 spiro atoms. The predicted octanol–water partition coefficient (Wildman–Crippen LogP) is 2.31. The Morgan fingerprint density at radius 3 is 2.20 bits per heavy atom. The maximum Gasteiger partial charge on any atom is 0.0470 e. The van der Waals surface area contributed by atoms with E-state index in [0.717, 1.165) is 18.5 Å². The molecule has 2 N–H and O–H groups in total. The summed E-state index contributed by atoms with van der Waals surface area (Å²) in [7, 11) is 0. The molecule has 1 saturated carbocycles. The third-order valence-electron chi connectivity index (χ3n) is 6.20. The lowest BCUT2D eigenvalue weighted by Gasteiger charge is -2.47. The molecule has 2 saturated heterocycles. The third kappa shape index (κ3) is 2.77. The van der Waals surface area contributed by atoms with Crippen LogP contribution >= 0.6 is 0 Å². The first kappa shape index (κ1) is 14.8. The van der Waals surface area contributed by atoms with Gasteiger partial charge in [0.1, 0.15) is 0 Å². The molecule has 1 atom stereocenters. The first-order chi connectivity index (χ1) is 9.44. The number of rotatable bonds is 3. The van der Waals surface area contributed by atoms with Crippen molar-refractivity contribution in [2.45, 2.75) is 64.5 Å². The summed E-state index contributed by atoms with van der Waals surface area (Å²) in [6.45, 7) is 13.1. The van der Waals surface area contributed by atoms with Crippen molar-refractivity contribution >= 4 is 0 Å².